The minimum atomic E-state index is -0.703. The molecule has 17 aromatic carbocycles. The molecule has 0 saturated carbocycles. The van der Waals surface area contributed by atoms with Crippen LogP contribution >= 0.6 is 0 Å². The molecule has 0 amide bonds. The molecule has 25 aromatic rings. The monoisotopic (exact) mass is 1780 g/mol. The van der Waals surface area contributed by atoms with Crippen molar-refractivity contribution >= 4 is 108 Å². The van der Waals surface area contributed by atoms with Gasteiger partial charge < -0.3 is 18.9 Å². The third kappa shape index (κ3) is 8.89. The van der Waals surface area contributed by atoms with Crippen molar-refractivity contribution in [2.45, 2.75) is 58.5 Å². The minimum absolute atomic E-state index is 0.694. The van der Waals surface area contributed by atoms with Gasteiger partial charge in [0.1, 0.15) is 73.7 Å². The summed E-state index contributed by atoms with van der Waals surface area (Å²) in [5.74, 6) is 8.03. The van der Waals surface area contributed by atoms with Crippen molar-refractivity contribution in [3.05, 3.63) is 450 Å². The van der Waals surface area contributed by atoms with Gasteiger partial charge in [-0.25, -0.2) is 0 Å². The summed E-state index contributed by atoms with van der Waals surface area (Å²) in [4.78, 5) is 0. The van der Waals surface area contributed by atoms with Gasteiger partial charge in [-0.05, 0) is 283 Å². The molecule has 0 aliphatic carbocycles. The topological polar surface area (TPSA) is 84.9 Å². The summed E-state index contributed by atoms with van der Waals surface area (Å²) >= 11 is 0. The Balaban J connectivity index is 0.0000000944. The summed E-state index contributed by atoms with van der Waals surface area (Å²) in [6.07, 6.45) is 6.66. The molecule has 3 spiro atoms. The van der Waals surface area contributed by atoms with E-state index in [1.54, 1.807) is 0 Å². The molecular formula is C123H81N11O4+6. The first-order valence-corrected chi connectivity index (χ1v) is 47.6. The molecule has 9 aliphatic heterocycles. The average Bonchev–Trinajstić information content (AvgIpc) is 1.48. The minimum Gasteiger partial charge on any atom is -0.456 e. The van der Waals surface area contributed by atoms with E-state index in [0.717, 1.165) is 91.4 Å². The van der Waals surface area contributed by atoms with Gasteiger partial charge in [0.25, 0.3) is 5.82 Å². The first kappa shape index (κ1) is 74.7. The fraction of sp³-hybridized carbons (Fsp3) is 0.0732. The van der Waals surface area contributed by atoms with Crippen molar-refractivity contribution in [3.63, 3.8) is 0 Å². The molecule has 15 nitrogen and oxygen atoms in total. The first-order chi connectivity index (χ1) is 67.9. The highest BCUT2D eigenvalue weighted by atomic mass is 16.5. The molecule has 17 heterocycles. The molecule has 3 atom stereocenters. The van der Waals surface area contributed by atoms with Gasteiger partial charge in [0, 0.05) is 49.1 Å². The van der Waals surface area contributed by atoms with Gasteiger partial charge >= 0.3 is 28.5 Å². The summed E-state index contributed by atoms with van der Waals surface area (Å²) in [6.45, 7) is 13.6. The largest absolute Gasteiger partial charge is 0.456 e. The molecule has 0 saturated heterocycles. The number of fused-ring (bicyclic) bond motifs is 22. The Bertz CT molecular complexity index is 9850. The van der Waals surface area contributed by atoms with Crippen LogP contribution < -0.4 is 46.7 Å². The molecule has 0 N–H and O–H groups in total. The second-order valence-electron chi connectivity index (χ2n) is 38.4. The Hall–Kier alpha value is -17.8. The second kappa shape index (κ2) is 26.0. The normalized spacial score (nSPS) is 16.5. The van der Waals surface area contributed by atoms with Crippen LogP contribution in [0.5, 0.6) is 46.1 Å². The predicted octanol–water partition coefficient (Wildman–Crippen LogP) is 25.0. The van der Waals surface area contributed by atoms with Crippen LogP contribution in [0.3, 0.4) is 0 Å². The van der Waals surface area contributed by atoms with Crippen LogP contribution in [-0.4, -0.2) is 23.2 Å². The Labute approximate surface area is 789 Å². The molecule has 8 aromatic heterocycles. The summed E-state index contributed by atoms with van der Waals surface area (Å²) in [5.41, 5.74) is 28.8. The predicted molar refractivity (Wildman–Crippen MR) is 538 cm³/mol. The standard InChI is InChI=1S/2C43H28N4O.C37H25N3O2/c1-25-39(30-20-19-29-22-27-10-3-4-11-28(27)23-31(29)24-30)26(2)47-43-40-35(15-7-17-37(40)48-38-18-8-16-36(41(38)43)46(25)47)45-34-14-6-5-12-32(34)33-13-9-21-44(43)42(33)45;1-25-39(30-18-17-29-22-27-10-3-4-11-28(27)23-31(29)24-30)26(2)47-43-40-35(46(25)47)14-9-15-36(40)48-37-20-19-33-32-12-5-6-13-34(32)45(42(33)41(37)43)38-16-7-8-21-44(38)43;1-22-34(27-17-16-26-19-24-9-3-4-10-25(24)20-28(26)21-27)23(2)40-37-35-29(39(22)40)11-7-12-30(35)41-31-13-8-14-32(36(31)37)42-33-15-5-6-18-38(33)37/h2*3-24H,1-2H3;3-21H,1-2H3/q3*+2. The molecule has 15 heteroatoms. The van der Waals surface area contributed by atoms with Crippen molar-refractivity contribution in [1.29, 1.82) is 0 Å². The van der Waals surface area contributed by atoms with Gasteiger partial charge in [-0.3, -0.25) is 0 Å². The zero-order valence-corrected chi connectivity index (χ0v) is 75.9. The van der Waals surface area contributed by atoms with Crippen molar-refractivity contribution in [1.82, 2.24) is 23.2 Å². The summed E-state index contributed by atoms with van der Waals surface area (Å²) < 4.78 is 53.8. The SMILES string of the molecule is Cc1c(-c2ccc3cc4ccccc4cc3c2)c(C)[n+]2n1-c1cccc3c1C21c2c(ccc4c5ccccc5n(c24)-c2cccc[n+]21)O3.Cc1c(-c2ccc3cc4ccccc4cc3c2)c(C)[n+]2n1-c1cccc3c1C21c2c(cccc2-n2c4ccccc4c4ccc[n+]1c42)O3.Cc1c(-c2ccc3cc4ccccc4cc3c2)c(C)[n+]2n1-c1cccc3c1C21c2c(cccc2Oc2cccc[n+]21)O3. The maximum atomic E-state index is 6.87. The van der Waals surface area contributed by atoms with Crippen LogP contribution in [0.2, 0.25) is 0 Å². The van der Waals surface area contributed by atoms with E-state index in [-0.39, 0.29) is 0 Å². The smallest absolute Gasteiger partial charge is 0.452 e. The molecule has 0 bridgehead atoms. The average molecular weight is 1780 g/mol. The van der Waals surface area contributed by atoms with Crippen molar-refractivity contribution < 1.29 is 46.7 Å². The third-order valence-corrected chi connectivity index (χ3v) is 31.8. The molecule has 0 radical (unpaired) electrons. The molecule has 646 valence electrons. The fourth-order valence-electron chi connectivity index (χ4n) is 26.8. The van der Waals surface area contributed by atoms with E-state index < -0.39 is 17.0 Å². The number of para-hydroxylation sites is 2. The first-order valence-electron chi connectivity index (χ1n) is 47.6. The quantitative estimate of drug-likeness (QED) is 0.130. The van der Waals surface area contributed by atoms with Crippen LogP contribution in [0.4, 0.5) is 0 Å². The van der Waals surface area contributed by atoms with Gasteiger partial charge in [0.15, 0.2) is 45.4 Å². The van der Waals surface area contributed by atoms with E-state index in [1.807, 2.05) is 18.2 Å². The lowest BCUT2D eigenvalue weighted by Gasteiger charge is -2.33. The number of ether oxygens (including phenoxy) is 4. The highest BCUT2D eigenvalue weighted by molar-refractivity contribution is 6.13. The number of aromatic nitrogens is 11. The van der Waals surface area contributed by atoms with Gasteiger partial charge in [0.05, 0.1) is 57.6 Å². The van der Waals surface area contributed by atoms with Crippen LogP contribution in [0.15, 0.2) is 383 Å². The van der Waals surface area contributed by atoms with E-state index in [1.165, 1.54) is 193 Å². The van der Waals surface area contributed by atoms with Crippen LogP contribution in [0, 0.1) is 41.5 Å². The molecule has 3 unspecified atom stereocenters. The molecule has 0 fully saturated rings. The number of rotatable bonds is 3. The lowest BCUT2D eigenvalue weighted by atomic mass is 9.84. The van der Waals surface area contributed by atoms with Crippen LogP contribution in [0.25, 0.3) is 170 Å². The summed E-state index contributed by atoms with van der Waals surface area (Å²) in [5, 5.41) is 20.1. The van der Waals surface area contributed by atoms with E-state index in [2.05, 4.69) is 457 Å². The van der Waals surface area contributed by atoms with Gasteiger partial charge in [0.2, 0.25) is 17.1 Å². The number of benzene rings is 17. The van der Waals surface area contributed by atoms with E-state index in [9.17, 15) is 0 Å². The van der Waals surface area contributed by atoms with Crippen LogP contribution in [0.1, 0.15) is 67.5 Å². The number of nitrogens with zero attached hydrogens (tertiary/aromatic N) is 11. The lowest BCUT2D eigenvalue weighted by Crippen LogP contribution is -2.77. The van der Waals surface area contributed by atoms with Crippen molar-refractivity contribution in [2.24, 2.45) is 0 Å². The van der Waals surface area contributed by atoms with Crippen molar-refractivity contribution in [3.8, 4) is 108 Å². The summed E-state index contributed by atoms with van der Waals surface area (Å²) in [7, 11) is 0. The number of hydrogen-bond donors (Lipinski definition) is 0. The molecule has 9 aliphatic rings. The molecule has 34 rings (SSSR count). The van der Waals surface area contributed by atoms with E-state index >= 15 is 0 Å². The number of hydrogen-bond acceptors (Lipinski definition) is 4. The Morgan fingerprint density at radius 1 is 0.232 bits per heavy atom. The Morgan fingerprint density at radius 3 is 1.07 bits per heavy atom. The van der Waals surface area contributed by atoms with E-state index in [0.29, 0.717) is 0 Å². The van der Waals surface area contributed by atoms with Gasteiger partial charge in [-0.15, -0.1) is 14.0 Å². The molecule has 138 heavy (non-hydrogen) atoms. The number of pyridine rings is 3. The zero-order valence-electron chi connectivity index (χ0n) is 75.9. The van der Waals surface area contributed by atoms with Gasteiger partial charge in [-0.2, -0.15) is 18.3 Å². The fourth-order valence-corrected chi connectivity index (χ4v) is 26.8. The highest BCUT2D eigenvalue weighted by Gasteiger charge is 2.75. The zero-order chi connectivity index (χ0) is 90.7. The highest BCUT2D eigenvalue weighted by Crippen LogP contribution is 2.61. The molecular weight excluding hydrogens is 1700 g/mol. The second-order valence-corrected chi connectivity index (χ2v) is 38.4. The maximum absolute atomic E-state index is 6.87. The van der Waals surface area contributed by atoms with Gasteiger partial charge in [-0.1, -0.05) is 184 Å². The Morgan fingerprint density at radius 2 is 0.580 bits per heavy atom. The lowest BCUT2D eigenvalue weighted by molar-refractivity contribution is -0.999. The van der Waals surface area contributed by atoms with E-state index in [4.69, 9.17) is 18.9 Å². The Kier molecular flexibility index (Phi) is 14.1. The summed E-state index contributed by atoms with van der Waals surface area (Å²) in [6, 6.07) is 132. The maximum Gasteiger partial charge on any atom is 0.452 e. The third-order valence-electron chi connectivity index (χ3n) is 31.8. The van der Waals surface area contributed by atoms with Crippen molar-refractivity contribution in [2.75, 3.05) is 0 Å². The van der Waals surface area contributed by atoms with Crippen LogP contribution in [-0.2, 0) is 17.0 Å².